The molecule has 3 aromatic rings. The minimum Gasteiger partial charge on any atom is -0.494 e. The molecule has 1 unspecified atom stereocenters. The van der Waals surface area contributed by atoms with Crippen molar-refractivity contribution in [2.24, 2.45) is 0 Å². The Morgan fingerprint density at radius 3 is 2.68 bits per heavy atom. The standard InChI is InChI=1S/C31H31ClN2O7/c1-37-25-16-23-19-6-8-34(30(36)15-21-14-27-28(17-24(21)32)40-11-10-39-27)31(23)20-4-2-5-22(12-20)38-9-3-7-33-29(35)18-41-26(25)13-19/h2,4-5,12-14,16-17,31H,3,6-11,15,18H2,1H3,(H,33,35). The molecule has 4 aliphatic rings. The number of halogens is 1. The van der Waals surface area contributed by atoms with Crippen molar-refractivity contribution in [1.82, 2.24) is 10.2 Å². The molecule has 0 spiro atoms. The third-order valence-electron chi connectivity index (χ3n) is 7.47. The van der Waals surface area contributed by atoms with Gasteiger partial charge in [0.25, 0.3) is 5.91 Å². The second-order valence-electron chi connectivity index (χ2n) is 10.1. The maximum absolute atomic E-state index is 14.0. The van der Waals surface area contributed by atoms with E-state index in [1.165, 1.54) is 0 Å². The van der Waals surface area contributed by atoms with Crippen molar-refractivity contribution in [3.8, 4) is 28.7 Å². The number of hydrogen-bond donors (Lipinski definition) is 1. The molecule has 214 valence electrons. The lowest BCUT2D eigenvalue weighted by Crippen LogP contribution is -2.41. The van der Waals surface area contributed by atoms with Gasteiger partial charge in [0.1, 0.15) is 19.0 Å². The maximum Gasteiger partial charge on any atom is 0.257 e. The highest BCUT2D eigenvalue weighted by molar-refractivity contribution is 6.31. The van der Waals surface area contributed by atoms with Crippen LogP contribution in [0.2, 0.25) is 5.02 Å². The van der Waals surface area contributed by atoms with Gasteiger partial charge in [0, 0.05) is 24.2 Å². The first kappa shape index (κ1) is 27.1. The third kappa shape index (κ3) is 5.72. The summed E-state index contributed by atoms with van der Waals surface area (Å²) in [4.78, 5) is 28.2. The number of nitrogens with zero attached hydrogens (tertiary/aromatic N) is 1. The van der Waals surface area contributed by atoms with Crippen molar-refractivity contribution in [2.75, 3.05) is 46.6 Å². The minimum atomic E-state index is -0.398. The Hall–Kier alpha value is -4.11. The largest absolute Gasteiger partial charge is 0.494 e. The second-order valence-corrected chi connectivity index (χ2v) is 10.5. The van der Waals surface area contributed by atoms with Crippen molar-refractivity contribution in [2.45, 2.75) is 25.3 Å². The van der Waals surface area contributed by atoms with Crippen molar-refractivity contribution in [1.29, 1.82) is 0 Å². The molecule has 1 atom stereocenters. The van der Waals surface area contributed by atoms with Gasteiger partial charge in [-0.15, -0.1) is 0 Å². The predicted octanol–water partition coefficient (Wildman–Crippen LogP) is 4.11. The Labute approximate surface area is 243 Å². The van der Waals surface area contributed by atoms with Gasteiger partial charge >= 0.3 is 0 Å². The Morgan fingerprint density at radius 2 is 1.85 bits per heavy atom. The number of hydrogen-bond acceptors (Lipinski definition) is 7. The van der Waals surface area contributed by atoms with E-state index >= 15 is 0 Å². The summed E-state index contributed by atoms with van der Waals surface area (Å²) in [6.45, 7) is 2.17. The van der Waals surface area contributed by atoms with Crippen molar-refractivity contribution in [3.63, 3.8) is 0 Å². The molecule has 3 aromatic carbocycles. The SMILES string of the molecule is COc1cc2c3cc1OCC(=O)NCCCOc1cccc(c1)C2N(C(=O)Cc1cc2c(cc1Cl)OCCO2)CC3. The first-order valence-electron chi connectivity index (χ1n) is 13.7. The number of fused-ring (bicyclic) bond motifs is 9. The highest BCUT2D eigenvalue weighted by Crippen LogP contribution is 2.43. The van der Waals surface area contributed by atoms with Gasteiger partial charge in [-0.05, 0) is 65.4 Å². The number of ether oxygens (including phenoxy) is 5. The first-order valence-corrected chi connectivity index (χ1v) is 14.1. The van der Waals surface area contributed by atoms with E-state index in [0.29, 0.717) is 85.1 Å². The molecule has 4 aliphatic heterocycles. The molecule has 0 aliphatic carbocycles. The Balaban J connectivity index is 1.39. The van der Waals surface area contributed by atoms with Gasteiger partial charge in [0.15, 0.2) is 29.6 Å². The van der Waals surface area contributed by atoms with Gasteiger partial charge in [0.2, 0.25) is 5.91 Å². The zero-order valence-corrected chi connectivity index (χ0v) is 23.5. The van der Waals surface area contributed by atoms with Crippen LogP contribution in [0.15, 0.2) is 48.5 Å². The number of methoxy groups -OCH3 is 1. The van der Waals surface area contributed by atoms with E-state index in [-0.39, 0.29) is 24.8 Å². The smallest absolute Gasteiger partial charge is 0.257 e. The number of amides is 2. The first-order chi connectivity index (χ1) is 20.0. The highest BCUT2D eigenvalue weighted by atomic mass is 35.5. The summed E-state index contributed by atoms with van der Waals surface area (Å²) < 4.78 is 28.9. The predicted molar refractivity (Wildman–Crippen MR) is 151 cm³/mol. The molecule has 0 saturated heterocycles. The van der Waals surface area contributed by atoms with E-state index in [2.05, 4.69) is 5.32 Å². The van der Waals surface area contributed by atoms with Crippen molar-refractivity contribution < 1.29 is 33.3 Å². The molecule has 41 heavy (non-hydrogen) atoms. The van der Waals surface area contributed by atoms with Gasteiger partial charge in [-0.25, -0.2) is 0 Å². The van der Waals surface area contributed by atoms with Crippen molar-refractivity contribution >= 4 is 23.4 Å². The average molecular weight is 579 g/mol. The topological polar surface area (TPSA) is 95.6 Å². The van der Waals surface area contributed by atoms with E-state index in [1.807, 2.05) is 41.3 Å². The van der Waals surface area contributed by atoms with Crippen LogP contribution in [0.4, 0.5) is 0 Å². The summed E-state index contributed by atoms with van der Waals surface area (Å²) in [5, 5.41) is 3.31. The van der Waals surface area contributed by atoms with E-state index < -0.39 is 6.04 Å². The van der Waals surface area contributed by atoms with Crippen LogP contribution in [0, 0.1) is 0 Å². The molecule has 7 rings (SSSR count). The Morgan fingerprint density at radius 1 is 1.02 bits per heavy atom. The zero-order valence-electron chi connectivity index (χ0n) is 22.7. The molecule has 0 aromatic heterocycles. The van der Waals surface area contributed by atoms with Crippen LogP contribution >= 0.6 is 11.6 Å². The van der Waals surface area contributed by atoms with Crippen LogP contribution in [0.5, 0.6) is 28.7 Å². The van der Waals surface area contributed by atoms with E-state index in [0.717, 1.165) is 16.7 Å². The van der Waals surface area contributed by atoms with E-state index in [1.54, 1.807) is 19.2 Å². The van der Waals surface area contributed by atoms with Crippen molar-refractivity contribution in [3.05, 3.63) is 75.8 Å². The highest BCUT2D eigenvalue weighted by Gasteiger charge is 2.34. The minimum absolute atomic E-state index is 0.0732. The Kier molecular flexibility index (Phi) is 7.78. The number of rotatable bonds is 3. The molecule has 1 N–H and O–H groups in total. The van der Waals surface area contributed by atoms with Crippen LogP contribution in [-0.2, 0) is 22.4 Å². The summed E-state index contributed by atoms with van der Waals surface area (Å²) in [7, 11) is 1.56. The maximum atomic E-state index is 14.0. The van der Waals surface area contributed by atoms with Gasteiger partial charge in [-0.1, -0.05) is 23.7 Å². The lowest BCUT2D eigenvalue weighted by Gasteiger charge is -2.38. The molecular weight excluding hydrogens is 548 g/mol. The lowest BCUT2D eigenvalue weighted by molar-refractivity contribution is -0.132. The summed E-state index contributed by atoms with van der Waals surface area (Å²) in [5.41, 5.74) is 3.54. The molecule has 4 heterocycles. The quantitative estimate of drug-likeness (QED) is 0.500. The number of carbonyl (C=O) groups is 2. The van der Waals surface area contributed by atoms with Crippen LogP contribution in [0.25, 0.3) is 0 Å². The molecule has 0 saturated carbocycles. The fourth-order valence-electron chi connectivity index (χ4n) is 5.49. The Bertz CT molecular complexity index is 1480. The second kappa shape index (κ2) is 11.8. The monoisotopic (exact) mass is 578 g/mol. The van der Waals surface area contributed by atoms with Crippen LogP contribution in [0.3, 0.4) is 0 Å². The average Bonchev–Trinajstić information content (AvgIpc) is 2.98. The van der Waals surface area contributed by atoms with Crippen LogP contribution in [0.1, 0.15) is 34.7 Å². The normalized spacial score (nSPS) is 18.1. The van der Waals surface area contributed by atoms with Gasteiger partial charge in [-0.2, -0.15) is 0 Å². The molecule has 0 radical (unpaired) electrons. The van der Waals surface area contributed by atoms with Crippen LogP contribution < -0.4 is 29.0 Å². The van der Waals surface area contributed by atoms with Crippen LogP contribution in [-0.4, -0.2) is 63.3 Å². The number of carbonyl (C=O) groups excluding carboxylic acids is 2. The van der Waals surface area contributed by atoms with E-state index in [9.17, 15) is 9.59 Å². The summed E-state index contributed by atoms with van der Waals surface area (Å²) in [6.07, 6.45) is 1.35. The molecule has 10 heteroatoms. The number of nitrogens with one attached hydrogen (secondary N) is 1. The molecular formula is C31H31ClN2O7. The molecule has 6 bridgehead atoms. The molecule has 9 nitrogen and oxygen atoms in total. The number of benzene rings is 3. The molecule has 0 fully saturated rings. The summed E-state index contributed by atoms with van der Waals surface area (Å²) >= 11 is 6.58. The summed E-state index contributed by atoms with van der Waals surface area (Å²) in [5.74, 6) is 2.57. The molecule has 2 amide bonds. The van der Waals surface area contributed by atoms with Gasteiger partial charge in [0.05, 0.1) is 26.2 Å². The summed E-state index contributed by atoms with van der Waals surface area (Å²) in [6, 6.07) is 14.7. The fourth-order valence-corrected chi connectivity index (χ4v) is 5.71. The van der Waals surface area contributed by atoms with E-state index in [4.69, 9.17) is 35.3 Å². The van der Waals surface area contributed by atoms with Gasteiger partial charge in [-0.3, -0.25) is 9.59 Å². The zero-order chi connectivity index (χ0) is 28.3. The fraction of sp³-hybridized carbons (Fsp3) is 0.355. The third-order valence-corrected chi connectivity index (χ3v) is 7.82. The van der Waals surface area contributed by atoms with Gasteiger partial charge < -0.3 is 33.9 Å². The lowest BCUT2D eigenvalue weighted by atomic mass is 9.87.